The Morgan fingerprint density at radius 1 is 1.17 bits per heavy atom. The van der Waals surface area contributed by atoms with Crippen LogP contribution in [0, 0.1) is 0 Å². The molecule has 3 nitrogen and oxygen atoms in total. The van der Waals surface area contributed by atoms with Gasteiger partial charge in [0.1, 0.15) is 6.61 Å². The van der Waals surface area contributed by atoms with Gasteiger partial charge >= 0.3 is 0 Å². The van der Waals surface area contributed by atoms with Gasteiger partial charge in [0.2, 0.25) is 5.88 Å². The Hall–Kier alpha value is -2.39. The van der Waals surface area contributed by atoms with Crippen molar-refractivity contribution in [2.24, 2.45) is 0 Å². The van der Waals surface area contributed by atoms with Crippen LogP contribution in [0.1, 0.15) is 31.7 Å². The summed E-state index contributed by atoms with van der Waals surface area (Å²) in [5, 5.41) is 9.23. The zero-order valence-electron chi connectivity index (χ0n) is 14.2. The van der Waals surface area contributed by atoms with E-state index in [-0.39, 0.29) is 6.10 Å². The second-order valence-electron chi connectivity index (χ2n) is 5.79. The fraction of sp³-hybridized carbons (Fsp3) is 0.286. The maximum absolute atomic E-state index is 9.23. The van der Waals surface area contributed by atoms with Crippen molar-refractivity contribution < 1.29 is 9.84 Å². The number of allylic oxidation sites excluding steroid dienone is 1. The number of pyridine rings is 1. The third-order valence-corrected chi connectivity index (χ3v) is 3.63. The summed E-state index contributed by atoms with van der Waals surface area (Å²) in [6.45, 7) is 5.91. The monoisotopic (exact) mass is 323 g/mol. The summed E-state index contributed by atoms with van der Waals surface area (Å²) in [7, 11) is 0. The van der Waals surface area contributed by atoms with Crippen LogP contribution in [0.15, 0.2) is 61.3 Å². The molecule has 1 heterocycles. The van der Waals surface area contributed by atoms with Gasteiger partial charge in [-0.15, -0.1) is 0 Å². The summed E-state index contributed by atoms with van der Waals surface area (Å²) in [4.78, 5) is 4.29. The molecule has 0 aliphatic heterocycles. The van der Waals surface area contributed by atoms with E-state index in [1.807, 2.05) is 25.3 Å². The van der Waals surface area contributed by atoms with Gasteiger partial charge in [-0.05, 0) is 43.4 Å². The normalized spacial score (nSPS) is 12.2. The minimum atomic E-state index is -0.208. The lowest BCUT2D eigenvalue weighted by Crippen LogP contribution is -1.97. The lowest BCUT2D eigenvalue weighted by molar-refractivity contribution is 0.182. The van der Waals surface area contributed by atoms with Crippen LogP contribution >= 0.6 is 0 Å². The molecular formula is C21H25NO2. The van der Waals surface area contributed by atoms with Gasteiger partial charge in [0.15, 0.2) is 0 Å². The third kappa shape index (κ3) is 6.01. The molecule has 126 valence electrons. The van der Waals surface area contributed by atoms with Crippen molar-refractivity contribution in [3.63, 3.8) is 0 Å². The van der Waals surface area contributed by atoms with Gasteiger partial charge in [-0.1, -0.05) is 49.1 Å². The molecule has 0 bridgehead atoms. The van der Waals surface area contributed by atoms with Crippen molar-refractivity contribution in [1.29, 1.82) is 0 Å². The topological polar surface area (TPSA) is 42.4 Å². The number of nitrogens with zero attached hydrogens (tertiary/aromatic N) is 1. The molecule has 24 heavy (non-hydrogen) atoms. The minimum absolute atomic E-state index is 0.208. The second-order valence-corrected chi connectivity index (χ2v) is 5.79. The van der Waals surface area contributed by atoms with E-state index in [4.69, 9.17) is 4.74 Å². The van der Waals surface area contributed by atoms with Gasteiger partial charge in [0.05, 0.1) is 6.10 Å². The highest BCUT2D eigenvalue weighted by Crippen LogP contribution is 2.21. The lowest BCUT2D eigenvalue weighted by Gasteiger charge is -2.05. The van der Waals surface area contributed by atoms with E-state index in [0.717, 1.165) is 30.4 Å². The Balaban J connectivity index is 1.91. The van der Waals surface area contributed by atoms with Crippen LogP contribution in [-0.4, -0.2) is 22.8 Å². The number of benzene rings is 1. The SMILES string of the molecule is C=CCOc1ccc(-c2ccc(/C=C/CCCC(C)O)cc2)cn1. The summed E-state index contributed by atoms with van der Waals surface area (Å²) in [6.07, 6.45) is 10.4. The number of unbranched alkanes of at least 4 members (excludes halogenated alkanes) is 1. The van der Waals surface area contributed by atoms with Crippen LogP contribution in [0.5, 0.6) is 5.88 Å². The van der Waals surface area contributed by atoms with E-state index in [0.29, 0.717) is 12.5 Å². The average molecular weight is 323 g/mol. The van der Waals surface area contributed by atoms with E-state index < -0.39 is 0 Å². The van der Waals surface area contributed by atoms with Crippen LogP contribution < -0.4 is 4.74 Å². The lowest BCUT2D eigenvalue weighted by atomic mass is 10.1. The first-order valence-electron chi connectivity index (χ1n) is 8.34. The molecule has 3 heteroatoms. The predicted octanol–water partition coefficient (Wildman–Crippen LogP) is 4.88. The third-order valence-electron chi connectivity index (χ3n) is 3.63. The molecule has 0 saturated heterocycles. The standard InChI is InChI=1S/C21H25NO2/c1-3-15-24-21-14-13-20(16-22-21)19-11-9-18(10-12-19)8-6-4-5-7-17(2)23/h3,6,8-14,16-17,23H,1,4-5,7,15H2,2H3/b8-6+. The Bertz CT molecular complexity index is 643. The molecule has 1 aromatic carbocycles. The first-order chi connectivity index (χ1) is 11.7. The van der Waals surface area contributed by atoms with Crippen molar-refractivity contribution in [3.05, 3.63) is 66.9 Å². The van der Waals surface area contributed by atoms with E-state index in [2.05, 4.69) is 48.0 Å². The molecule has 0 spiro atoms. The molecule has 0 radical (unpaired) electrons. The van der Waals surface area contributed by atoms with Gasteiger partial charge in [-0.25, -0.2) is 4.98 Å². The van der Waals surface area contributed by atoms with Gasteiger partial charge in [-0.2, -0.15) is 0 Å². The molecule has 2 rings (SSSR count). The van der Waals surface area contributed by atoms with E-state index in [1.165, 1.54) is 5.56 Å². The number of hydrogen-bond acceptors (Lipinski definition) is 3. The number of aromatic nitrogens is 1. The van der Waals surface area contributed by atoms with E-state index in [1.54, 1.807) is 6.08 Å². The van der Waals surface area contributed by atoms with E-state index >= 15 is 0 Å². The molecule has 0 saturated carbocycles. The van der Waals surface area contributed by atoms with Crippen molar-refractivity contribution in [2.75, 3.05) is 6.61 Å². The van der Waals surface area contributed by atoms with Crippen LogP contribution in [-0.2, 0) is 0 Å². The zero-order valence-corrected chi connectivity index (χ0v) is 14.2. The summed E-state index contributed by atoms with van der Waals surface area (Å²) in [6, 6.07) is 12.3. The quantitative estimate of drug-likeness (QED) is 0.528. The molecule has 1 atom stereocenters. The largest absolute Gasteiger partial charge is 0.473 e. The number of hydrogen-bond donors (Lipinski definition) is 1. The van der Waals surface area contributed by atoms with Crippen LogP contribution in [0.3, 0.4) is 0 Å². The average Bonchev–Trinajstić information content (AvgIpc) is 2.60. The molecule has 1 unspecified atom stereocenters. The predicted molar refractivity (Wildman–Crippen MR) is 99.9 cm³/mol. The van der Waals surface area contributed by atoms with Crippen molar-refractivity contribution in [2.45, 2.75) is 32.3 Å². The number of aliphatic hydroxyl groups excluding tert-OH is 1. The van der Waals surface area contributed by atoms with Crippen molar-refractivity contribution >= 4 is 6.08 Å². The molecule has 0 aliphatic carbocycles. The fourth-order valence-corrected chi connectivity index (χ4v) is 2.32. The molecule has 0 fully saturated rings. The number of rotatable bonds is 9. The van der Waals surface area contributed by atoms with Crippen LogP contribution in [0.25, 0.3) is 17.2 Å². The fourth-order valence-electron chi connectivity index (χ4n) is 2.32. The van der Waals surface area contributed by atoms with Gasteiger partial charge in [-0.3, -0.25) is 0 Å². The molecule has 2 aromatic rings. The number of aliphatic hydroxyl groups is 1. The summed E-state index contributed by atoms with van der Waals surface area (Å²) in [5.41, 5.74) is 3.37. The molecule has 1 aromatic heterocycles. The Labute approximate surface area is 144 Å². The van der Waals surface area contributed by atoms with Crippen LogP contribution in [0.2, 0.25) is 0 Å². The maximum Gasteiger partial charge on any atom is 0.213 e. The van der Waals surface area contributed by atoms with Gasteiger partial charge in [0, 0.05) is 17.8 Å². The summed E-state index contributed by atoms with van der Waals surface area (Å²) >= 11 is 0. The zero-order chi connectivity index (χ0) is 17.2. The maximum atomic E-state index is 9.23. The Morgan fingerprint density at radius 3 is 2.54 bits per heavy atom. The highest BCUT2D eigenvalue weighted by molar-refractivity contribution is 5.65. The molecule has 0 amide bonds. The van der Waals surface area contributed by atoms with Crippen molar-refractivity contribution in [1.82, 2.24) is 4.98 Å². The highest BCUT2D eigenvalue weighted by atomic mass is 16.5. The second kappa shape index (κ2) is 9.68. The molecular weight excluding hydrogens is 298 g/mol. The number of ether oxygens (including phenoxy) is 1. The molecule has 1 N–H and O–H groups in total. The van der Waals surface area contributed by atoms with Gasteiger partial charge in [0.25, 0.3) is 0 Å². The minimum Gasteiger partial charge on any atom is -0.473 e. The van der Waals surface area contributed by atoms with Gasteiger partial charge < -0.3 is 9.84 Å². The van der Waals surface area contributed by atoms with Crippen molar-refractivity contribution in [3.8, 4) is 17.0 Å². The molecule has 0 aliphatic rings. The highest BCUT2D eigenvalue weighted by Gasteiger charge is 2.00. The smallest absolute Gasteiger partial charge is 0.213 e. The van der Waals surface area contributed by atoms with E-state index in [9.17, 15) is 5.11 Å². The van der Waals surface area contributed by atoms with Crippen LogP contribution in [0.4, 0.5) is 0 Å². The first kappa shape index (κ1) is 18.0. The Morgan fingerprint density at radius 2 is 1.92 bits per heavy atom. The first-order valence-corrected chi connectivity index (χ1v) is 8.34. The summed E-state index contributed by atoms with van der Waals surface area (Å²) in [5.74, 6) is 0.607. The summed E-state index contributed by atoms with van der Waals surface area (Å²) < 4.78 is 5.39. The Kier molecular flexibility index (Phi) is 7.24.